The first kappa shape index (κ1) is 22.2. The van der Waals surface area contributed by atoms with E-state index in [1.807, 2.05) is 32.0 Å². The van der Waals surface area contributed by atoms with Crippen molar-refractivity contribution in [1.29, 1.82) is 0 Å². The van der Waals surface area contributed by atoms with Crippen LogP contribution in [0, 0.1) is 20.8 Å². The first-order valence-electron chi connectivity index (χ1n) is 10.3. The van der Waals surface area contributed by atoms with Gasteiger partial charge in [0.2, 0.25) is 0 Å². The fraction of sp³-hybridized carbons (Fsp3) is 0.125. The van der Waals surface area contributed by atoms with E-state index < -0.39 is 10.0 Å². The molecule has 0 amide bonds. The molecule has 0 aliphatic carbocycles. The van der Waals surface area contributed by atoms with E-state index in [1.165, 1.54) is 6.33 Å². The molecule has 2 aromatic carbocycles. The smallest absolute Gasteiger partial charge is 0.262 e. The maximum absolute atomic E-state index is 12.8. The van der Waals surface area contributed by atoms with Crippen molar-refractivity contribution in [1.82, 2.24) is 15.0 Å². The topological polar surface area (TPSA) is 109 Å². The molecule has 0 fully saturated rings. The van der Waals surface area contributed by atoms with Gasteiger partial charge in [0.25, 0.3) is 10.0 Å². The van der Waals surface area contributed by atoms with Gasteiger partial charge in [-0.25, -0.2) is 23.4 Å². The molecule has 4 aromatic rings. The van der Waals surface area contributed by atoms with Crippen molar-refractivity contribution < 1.29 is 8.42 Å². The van der Waals surface area contributed by atoms with E-state index in [9.17, 15) is 8.42 Å². The number of pyridine rings is 1. The summed E-state index contributed by atoms with van der Waals surface area (Å²) in [6.45, 7) is 5.71. The Morgan fingerprint density at radius 2 is 1.30 bits per heavy atom. The van der Waals surface area contributed by atoms with E-state index in [-0.39, 0.29) is 4.90 Å². The molecule has 0 aliphatic rings. The van der Waals surface area contributed by atoms with Crippen LogP contribution >= 0.6 is 0 Å². The average Bonchev–Trinajstić information content (AvgIpc) is 2.75. The molecule has 2 aromatic heterocycles. The molecular weight excluding hydrogens is 436 g/mol. The Morgan fingerprint density at radius 3 is 2.00 bits per heavy atom. The largest absolute Gasteiger partial charge is 0.340 e. The van der Waals surface area contributed by atoms with Crippen LogP contribution in [0.1, 0.15) is 16.7 Å². The molecule has 0 unspecified atom stereocenters. The number of nitrogens with one attached hydrogen (secondary N) is 3. The highest BCUT2D eigenvalue weighted by molar-refractivity contribution is 7.92. The zero-order chi connectivity index (χ0) is 23.4. The number of nitrogens with zero attached hydrogens (tertiary/aromatic N) is 3. The van der Waals surface area contributed by atoms with Crippen LogP contribution in [0.25, 0.3) is 0 Å². The normalized spacial score (nSPS) is 11.1. The highest BCUT2D eigenvalue weighted by Crippen LogP contribution is 2.23. The molecular formula is C24H24N6O2S. The van der Waals surface area contributed by atoms with Crippen LogP contribution in [0.15, 0.2) is 78.1 Å². The van der Waals surface area contributed by atoms with E-state index in [1.54, 1.807) is 55.6 Å². The molecule has 0 atom stereocenters. The zero-order valence-electron chi connectivity index (χ0n) is 18.5. The van der Waals surface area contributed by atoms with E-state index >= 15 is 0 Å². The van der Waals surface area contributed by atoms with Crippen molar-refractivity contribution in [2.24, 2.45) is 0 Å². The third-order valence-electron chi connectivity index (χ3n) is 4.87. The van der Waals surface area contributed by atoms with Gasteiger partial charge in [-0.2, -0.15) is 0 Å². The van der Waals surface area contributed by atoms with Crippen LogP contribution < -0.4 is 15.4 Å². The molecule has 0 spiro atoms. The molecule has 0 radical (unpaired) electrons. The number of aromatic nitrogens is 3. The van der Waals surface area contributed by atoms with E-state index in [4.69, 9.17) is 0 Å². The molecule has 168 valence electrons. The van der Waals surface area contributed by atoms with Gasteiger partial charge >= 0.3 is 0 Å². The lowest BCUT2D eigenvalue weighted by atomic mass is 10.2. The van der Waals surface area contributed by atoms with Gasteiger partial charge in [0, 0.05) is 23.6 Å². The van der Waals surface area contributed by atoms with E-state index in [0.717, 1.165) is 16.8 Å². The Kier molecular flexibility index (Phi) is 6.23. The van der Waals surface area contributed by atoms with Crippen molar-refractivity contribution in [3.63, 3.8) is 0 Å². The number of benzene rings is 2. The van der Waals surface area contributed by atoms with Gasteiger partial charge in [-0.3, -0.25) is 4.72 Å². The van der Waals surface area contributed by atoms with Gasteiger partial charge in [-0.1, -0.05) is 17.7 Å². The maximum Gasteiger partial charge on any atom is 0.262 e. The average molecular weight is 461 g/mol. The number of sulfonamides is 1. The predicted molar refractivity (Wildman–Crippen MR) is 131 cm³/mol. The van der Waals surface area contributed by atoms with E-state index in [0.29, 0.717) is 28.7 Å². The lowest BCUT2D eigenvalue weighted by molar-refractivity contribution is 0.600. The predicted octanol–water partition coefficient (Wildman–Crippen LogP) is 5.08. The lowest BCUT2D eigenvalue weighted by Crippen LogP contribution is -2.14. The number of aryl methyl sites for hydroxylation is 3. The summed E-state index contributed by atoms with van der Waals surface area (Å²) in [6, 6.07) is 17.8. The molecule has 0 bridgehead atoms. The van der Waals surface area contributed by atoms with Gasteiger partial charge in [0.1, 0.15) is 23.8 Å². The maximum atomic E-state index is 12.8. The van der Waals surface area contributed by atoms with Gasteiger partial charge in [0.15, 0.2) is 0 Å². The Balaban J connectivity index is 1.44. The zero-order valence-corrected chi connectivity index (χ0v) is 19.3. The first-order valence-corrected chi connectivity index (χ1v) is 11.8. The van der Waals surface area contributed by atoms with Crippen LogP contribution in [0.4, 0.5) is 28.8 Å². The Labute approximate surface area is 193 Å². The Hall–Kier alpha value is -3.98. The summed E-state index contributed by atoms with van der Waals surface area (Å²) >= 11 is 0. The quantitative estimate of drug-likeness (QED) is 0.353. The highest BCUT2D eigenvalue weighted by atomic mass is 32.2. The number of rotatable bonds is 7. The van der Waals surface area contributed by atoms with Crippen molar-refractivity contribution >= 4 is 38.9 Å². The first-order chi connectivity index (χ1) is 15.8. The number of anilines is 5. The second-order valence-corrected chi connectivity index (χ2v) is 9.36. The van der Waals surface area contributed by atoms with Crippen molar-refractivity contribution in [2.45, 2.75) is 25.7 Å². The summed E-state index contributed by atoms with van der Waals surface area (Å²) < 4.78 is 28.2. The molecule has 9 heteroatoms. The standard InChI is InChI=1S/C24H24N6O2S/c1-16-4-9-21(18(3)12-16)33(31,32)30-20-7-5-19(6-8-20)28-23-14-24(27-15-26-23)29-22-13-17(2)10-11-25-22/h4-15,30H,1-3H3,(H2,25,26,27,28,29). The Bertz CT molecular complexity index is 1390. The van der Waals surface area contributed by atoms with Crippen LogP contribution in [-0.4, -0.2) is 23.4 Å². The van der Waals surface area contributed by atoms with Gasteiger partial charge in [-0.15, -0.1) is 0 Å². The number of hydrogen-bond donors (Lipinski definition) is 3. The minimum Gasteiger partial charge on any atom is -0.340 e. The summed E-state index contributed by atoms with van der Waals surface area (Å²) in [5.41, 5.74) is 4.03. The third kappa shape index (κ3) is 5.64. The van der Waals surface area contributed by atoms with E-state index in [2.05, 4.69) is 30.3 Å². The molecule has 2 heterocycles. The van der Waals surface area contributed by atoms with Gasteiger partial charge < -0.3 is 10.6 Å². The molecule has 3 N–H and O–H groups in total. The lowest BCUT2D eigenvalue weighted by Gasteiger charge is -2.12. The molecule has 0 saturated carbocycles. The summed E-state index contributed by atoms with van der Waals surface area (Å²) in [5.74, 6) is 1.88. The number of hydrogen-bond acceptors (Lipinski definition) is 7. The van der Waals surface area contributed by atoms with Crippen LogP contribution in [0.2, 0.25) is 0 Å². The summed E-state index contributed by atoms with van der Waals surface area (Å²) in [5, 5.41) is 6.34. The SMILES string of the molecule is Cc1ccnc(Nc2cc(Nc3ccc(NS(=O)(=O)c4ccc(C)cc4C)cc3)ncn2)c1. The molecule has 33 heavy (non-hydrogen) atoms. The molecule has 4 rings (SSSR count). The molecule has 0 aliphatic heterocycles. The Morgan fingerprint density at radius 1 is 0.667 bits per heavy atom. The minimum absolute atomic E-state index is 0.263. The van der Waals surface area contributed by atoms with Crippen molar-refractivity contribution in [3.05, 3.63) is 89.9 Å². The summed E-state index contributed by atoms with van der Waals surface area (Å²) in [6.07, 6.45) is 3.18. The van der Waals surface area contributed by atoms with Crippen molar-refractivity contribution in [2.75, 3.05) is 15.4 Å². The highest BCUT2D eigenvalue weighted by Gasteiger charge is 2.16. The second-order valence-electron chi connectivity index (χ2n) is 7.71. The van der Waals surface area contributed by atoms with Crippen molar-refractivity contribution in [3.8, 4) is 0 Å². The minimum atomic E-state index is -3.68. The van der Waals surface area contributed by atoms with Crippen LogP contribution in [0.5, 0.6) is 0 Å². The fourth-order valence-corrected chi connectivity index (χ4v) is 4.60. The van der Waals surface area contributed by atoms with Gasteiger partial charge in [-0.05, 0) is 74.4 Å². The second kappa shape index (κ2) is 9.25. The monoisotopic (exact) mass is 460 g/mol. The van der Waals surface area contributed by atoms with Crippen LogP contribution in [-0.2, 0) is 10.0 Å². The molecule has 0 saturated heterocycles. The summed E-state index contributed by atoms with van der Waals surface area (Å²) in [4.78, 5) is 13.0. The molecule has 8 nitrogen and oxygen atoms in total. The fourth-order valence-electron chi connectivity index (χ4n) is 3.31. The summed E-state index contributed by atoms with van der Waals surface area (Å²) in [7, 11) is -3.68. The van der Waals surface area contributed by atoms with Crippen LogP contribution in [0.3, 0.4) is 0 Å². The third-order valence-corrected chi connectivity index (χ3v) is 6.41. The van der Waals surface area contributed by atoms with Gasteiger partial charge in [0.05, 0.1) is 4.90 Å².